The Labute approximate surface area is 137 Å². The average molecular weight is 331 g/mol. The lowest BCUT2D eigenvalue weighted by Gasteiger charge is -2.25. The number of aliphatic hydroxyl groups excluding tert-OH is 1. The summed E-state index contributed by atoms with van der Waals surface area (Å²) in [4.78, 5) is 2.79. The molecule has 1 saturated heterocycles. The molecular formula is C18H21NO3S. The molecule has 122 valence electrons. The van der Waals surface area contributed by atoms with Crippen molar-refractivity contribution < 1.29 is 13.5 Å². The summed E-state index contributed by atoms with van der Waals surface area (Å²) in [5.41, 5.74) is 1.71. The van der Waals surface area contributed by atoms with Gasteiger partial charge < -0.3 is 10.0 Å². The number of nitrogens with zero attached hydrogens (tertiary/aromatic N) is 1. The maximum absolute atomic E-state index is 12.8. The molecule has 2 aromatic rings. The number of hydrogen-bond donors (Lipinski definition) is 1. The summed E-state index contributed by atoms with van der Waals surface area (Å²) in [6.45, 7) is 2.83. The van der Waals surface area contributed by atoms with Crippen LogP contribution in [0.2, 0.25) is 0 Å². The summed E-state index contributed by atoms with van der Waals surface area (Å²) in [5, 5.41) is 9.42. The van der Waals surface area contributed by atoms with Crippen molar-refractivity contribution in [2.45, 2.75) is 35.6 Å². The maximum Gasteiger partial charge on any atom is 0.206 e. The largest absolute Gasteiger partial charge is 0.394 e. The van der Waals surface area contributed by atoms with Gasteiger partial charge in [0.2, 0.25) is 9.84 Å². The van der Waals surface area contributed by atoms with Crippen LogP contribution in [0.4, 0.5) is 5.69 Å². The monoisotopic (exact) mass is 331 g/mol. The number of benzene rings is 2. The highest BCUT2D eigenvalue weighted by molar-refractivity contribution is 7.91. The highest BCUT2D eigenvalue weighted by atomic mass is 32.2. The molecular weight excluding hydrogens is 310 g/mol. The first-order valence-corrected chi connectivity index (χ1v) is 9.30. The van der Waals surface area contributed by atoms with Crippen LogP contribution in [0.5, 0.6) is 0 Å². The van der Waals surface area contributed by atoms with Gasteiger partial charge in [-0.25, -0.2) is 8.42 Å². The number of anilines is 1. The summed E-state index contributed by atoms with van der Waals surface area (Å²) in [6, 6.07) is 14.1. The van der Waals surface area contributed by atoms with E-state index in [0.29, 0.717) is 9.79 Å². The van der Waals surface area contributed by atoms with Crippen molar-refractivity contribution in [1.82, 2.24) is 0 Å². The van der Waals surface area contributed by atoms with Crippen LogP contribution in [0.1, 0.15) is 18.4 Å². The molecule has 1 aliphatic heterocycles. The molecule has 0 saturated carbocycles. The first kappa shape index (κ1) is 16.0. The van der Waals surface area contributed by atoms with Crippen LogP contribution in [0.25, 0.3) is 0 Å². The third-order valence-electron chi connectivity index (χ3n) is 4.45. The minimum atomic E-state index is -3.50. The molecule has 0 aromatic heterocycles. The van der Waals surface area contributed by atoms with E-state index in [2.05, 4.69) is 4.90 Å². The van der Waals surface area contributed by atoms with E-state index in [0.717, 1.165) is 30.6 Å². The molecule has 0 unspecified atom stereocenters. The molecule has 1 fully saturated rings. The third kappa shape index (κ3) is 2.99. The Balaban J connectivity index is 1.92. The average Bonchev–Trinajstić information content (AvgIpc) is 3.04. The van der Waals surface area contributed by atoms with Gasteiger partial charge in [-0.2, -0.15) is 0 Å². The molecule has 0 aliphatic carbocycles. The second-order valence-electron chi connectivity index (χ2n) is 5.93. The zero-order valence-corrected chi connectivity index (χ0v) is 14.0. The topological polar surface area (TPSA) is 57.6 Å². The Morgan fingerprint density at radius 1 is 1.13 bits per heavy atom. The van der Waals surface area contributed by atoms with Gasteiger partial charge in [0.05, 0.1) is 22.4 Å². The van der Waals surface area contributed by atoms with E-state index < -0.39 is 9.84 Å². The summed E-state index contributed by atoms with van der Waals surface area (Å²) in [7, 11) is -3.50. The van der Waals surface area contributed by atoms with Crippen molar-refractivity contribution in [2.24, 2.45) is 0 Å². The van der Waals surface area contributed by atoms with Crippen LogP contribution in [-0.4, -0.2) is 32.7 Å². The molecule has 0 radical (unpaired) electrons. The van der Waals surface area contributed by atoms with Gasteiger partial charge in [0.1, 0.15) is 0 Å². The Morgan fingerprint density at radius 2 is 1.83 bits per heavy atom. The smallest absolute Gasteiger partial charge is 0.206 e. The normalized spacial score (nSPS) is 18.3. The lowest BCUT2D eigenvalue weighted by atomic mass is 10.2. The van der Waals surface area contributed by atoms with Crippen molar-refractivity contribution in [3.05, 3.63) is 54.1 Å². The first-order valence-electron chi connectivity index (χ1n) is 7.82. The van der Waals surface area contributed by atoms with Crippen molar-refractivity contribution in [1.29, 1.82) is 0 Å². The Hall–Kier alpha value is -1.85. The van der Waals surface area contributed by atoms with Gasteiger partial charge in [-0.1, -0.05) is 18.2 Å². The fourth-order valence-corrected chi connectivity index (χ4v) is 4.67. The SMILES string of the molecule is Cc1ccccc1S(=O)(=O)c1ccc(N2CCC[C@H]2CO)cc1. The Bertz CT molecular complexity index is 784. The summed E-state index contributed by atoms with van der Waals surface area (Å²) in [6.07, 6.45) is 2.02. The van der Waals surface area contributed by atoms with Gasteiger partial charge in [-0.05, 0) is 55.7 Å². The molecule has 1 atom stereocenters. The highest BCUT2D eigenvalue weighted by Crippen LogP contribution is 2.29. The van der Waals surface area contributed by atoms with Gasteiger partial charge in [0, 0.05) is 12.2 Å². The molecule has 4 nitrogen and oxygen atoms in total. The minimum absolute atomic E-state index is 0.128. The van der Waals surface area contributed by atoms with Gasteiger partial charge in [-0.15, -0.1) is 0 Å². The van der Waals surface area contributed by atoms with Gasteiger partial charge in [-0.3, -0.25) is 0 Å². The molecule has 3 rings (SSSR count). The van der Waals surface area contributed by atoms with Crippen molar-refractivity contribution in [3.63, 3.8) is 0 Å². The van der Waals surface area contributed by atoms with Crippen molar-refractivity contribution in [3.8, 4) is 0 Å². The summed E-state index contributed by atoms with van der Waals surface area (Å²) < 4.78 is 25.5. The van der Waals surface area contributed by atoms with Crippen LogP contribution in [-0.2, 0) is 9.84 Å². The van der Waals surface area contributed by atoms with E-state index in [1.807, 2.05) is 18.2 Å². The van der Waals surface area contributed by atoms with Crippen LogP contribution >= 0.6 is 0 Å². The molecule has 0 bridgehead atoms. The second-order valence-corrected chi connectivity index (χ2v) is 7.85. The number of aliphatic hydroxyl groups is 1. The molecule has 1 N–H and O–H groups in total. The zero-order valence-electron chi connectivity index (χ0n) is 13.1. The number of aryl methyl sites for hydroxylation is 1. The molecule has 1 aliphatic rings. The van der Waals surface area contributed by atoms with Crippen molar-refractivity contribution in [2.75, 3.05) is 18.1 Å². The summed E-state index contributed by atoms with van der Waals surface area (Å²) in [5.74, 6) is 0. The second kappa shape index (κ2) is 6.34. The molecule has 0 amide bonds. The Kier molecular flexibility index (Phi) is 4.41. The zero-order chi connectivity index (χ0) is 16.4. The van der Waals surface area contributed by atoms with Crippen molar-refractivity contribution >= 4 is 15.5 Å². The van der Waals surface area contributed by atoms with E-state index in [-0.39, 0.29) is 12.6 Å². The van der Waals surface area contributed by atoms with Crippen LogP contribution in [0.3, 0.4) is 0 Å². The predicted octanol–water partition coefficient (Wildman–Crippen LogP) is 2.79. The van der Waals surface area contributed by atoms with E-state index in [1.54, 1.807) is 37.3 Å². The van der Waals surface area contributed by atoms with E-state index >= 15 is 0 Å². The van der Waals surface area contributed by atoms with Crippen LogP contribution in [0.15, 0.2) is 58.3 Å². The summed E-state index contributed by atoms with van der Waals surface area (Å²) >= 11 is 0. The third-order valence-corrected chi connectivity index (χ3v) is 6.38. The minimum Gasteiger partial charge on any atom is -0.394 e. The van der Waals surface area contributed by atoms with E-state index in [1.165, 1.54) is 0 Å². The maximum atomic E-state index is 12.8. The molecule has 2 aromatic carbocycles. The highest BCUT2D eigenvalue weighted by Gasteiger charge is 2.25. The number of sulfone groups is 1. The lowest BCUT2D eigenvalue weighted by molar-refractivity contribution is 0.266. The molecule has 1 heterocycles. The standard InChI is InChI=1S/C18H21NO3S/c1-14-5-2-3-7-18(14)23(21,22)17-10-8-15(9-11-17)19-12-4-6-16(19)13-20/h2-3,5,7-11,16,20H,4,6,12-13H2,1H3/t16-/m0/s1. The van der Waals surface area contributed by atoms with Crippen LogP contribution in [0, 0.1) is 6.92 Å². The molecule has 0 spiro atoms. The van der Waals surface area contributed by atoms with E-state index in [9.17, 15) is 13.5 Å². The first-order chi connectivity index (χ1) is 11.0. The Morgan fingerprint density at radius 3 is 2.48 bits per heavy atom. The number of hydrogen-bond acceptors (Lipinski definition) is 4. The quantitative estimate of drug-likeness (QED) is 0.936. The van der Waals surface area contributed by atoms with E-state index in [4.69, 9.17) is 0 Å². The molecule has 23 heavy (non-hydrogen) atoms. The van der Waals surface area contributed by atoms with Gasteiger partial charge in [0.25, 0.3) is 0 Å². The molecule has 5 heteroatoms. The fraction of sp³-hybridized carbons (Fsp3) is 0.333. The van der Waals surface area contributed by atoms with Gasteiger partial charge in [0.15, 0.2) is 0 Å². The fourth-order valence-electron chi connectivity index (χ4n) is 3.17. The van der Waals surface area contributed by atoms with Gasteiger partial charge >= 0.3 is 0 Å². The van der Waals surface area contributed by atoms with Crippen LogP contribution < -0.4 is 4.90 Å². The lowest BCUT2D eigenvalue weighted by Crippen LogP contribution is -2.31. The number of rotatable bonds is 4. The predicted molar refractivity (Wildman–Crippen MR) is 90.5 cm³/mol.